The maximum absolute atomic E-state index is 14.0. The summed E-state index contributed by atoms with van der Waals surface area (Å²) < 4.78 is 34.3. The molecule has 2 amide bonds. The molecule has 0 spiro atoms. The van der Waals surface area contributed by atoms with Crippen LogP contribution < -0.4 is 14.4 Å². The molecular formula is C31H39N3O5S. The lowest BCUT2D eigenvalue weighted by molar-refractivity contribution is -0.139. The first-order chi connectivity index (χ1) is 19.2. The molecule has 0 aliphatic carbocycles. The summed E-state index contributed by atoms with van der Waals surface area (Å²) in [6, 6.07) is 21.4. The van der Waals surface area contributed by atoms with Crippen LogP contribution in [0.3, 0.4) is 0 Å². The zero-order chi connectivity index (χ0) is 29.1. The highest BCUT2D eigenvalue weighted by Gasteiger charge is 2.32. The summed E-state index contributed by atoms with van der Waals surface area (Å²) in [6.07, 6.45) is 1.75. The van der Waals surface area contributed by atoms with Crippen LogP contribution in [0.4, 0.5) is 5.69 Å². The zero-order valence-corrected chi connectivity index (χ0v) is 24.5. The Balaban J connectivity index is 2.00. The van der Waals surface area contributed by atoms with E-state index in [1.54, 1.807) is 49.4 Å². The van der Waals surface area contributed by atoms with Crippen molar-refractivity contribution in [3.05, 3.63) is 90.0 Å². The number of unbranched alkanes of at least 4 members (excludes halogenated alkanes) is 1. The maximum atomic E-state index is 14.0. The van der Waals surface area contributed by atoms with Crippen LogP contribution >= 0.6 is 0 Å². The molecule has 214 valence electrons. The Hall–Kier alpha value is -3.85. The van der Waals surface area contributed by atoms with Gasteiger partial charge in [-0.05, 0) is 74.7 Å². The summed E-state index contributed by atoms with van der Waals surface area (Å²) in [6.45, 7) is 8.16. The first kappa shape index (κ1) is 30.7. The van der Waals surface area contributed by atoms with Gasteiger partial charge in [0, 0.05) is 13.1 Å². The highest BCUT2D eigenvalue weighted by Crippen LogP contribution is 2.26. The second kappa shape index (κ2) is 14.5. The normalized spacial score (nSPS) is 11.9. The van der Waals surface area contributed by atoms with E-state index in [4.69, 9.17) is 4.74 Å². The zero-order valence-electron chi connectivity index (χ0n) is 23.7. The van der Waals surface area contributed by atoms with E-state index in [2.05, 4.69) is 5.32 Å². The molecule has 0 aliphatic heterocycles. The monoisotopic (exact) mass is 565 g/mol. The van der Waals surface area contributed by atoms with Gasteiger partial charge in [0.05, 0.1) is 17.2 Å². The number of rotatable bonds is 14. The van der Waals surface area contributed by atoms with Crippen molar-refractivity contribution in [2.45, 2.75) is 58.0 Å². The number of sulfonamides is 1. The average Bonchev–Trinajstić information content (AvgIpc) is 2.96. The maximum Gasteiger partial charge on any atom is 0.264 e. The molecule has 0 radical (unpaired) electrons. The molecule has 0 fully saturated rings. The number of amides is 2. The van der Waals surface area contributed by atoms with Gasteiger partial charge in [-0.3, -0.25) is 13.9 Å². The highest BCUT2D eigenvalue weighted by molar-refractivity contribution is 7.92. The predicted octanol–water partition coefficient (Wildman–Crippen LogP) is 4.92. The van der Waals surface area contributed by atoms with Gasteiger partial charge in [0.1, 0.15) is 18.3 Å². The number of anilines is 1. The molecule has 8 nitrogen and oxygen atoms in total. The molecule has 1 N–H and O–H groups in total. The number of benzene rings is 3. The number of ether oxygens (including phenoxy) is 1. The third-order valence-corrected chi connectivity index (χ3v) is 8.43. The van der Waals surface area contributed by atoms with Gasteiger partial charge < -0.3 is 15.0 Å². The lowest BCUT2D eigenvalue weighted by Crippen LogP contribution is -2.51. The average molecular weight is 566 g/mol. The van der Waals surface area contributed by atoms with Gasteiger partial charge in [0.15, 0.2) is 0 Å². The van der Waals surface area contributed by atoms with Crippen molar-refractivity contribution in [1.29, 1.82) is 0 Å². The van der Waals surface area contributed by atoms with E-state index in [1.165, 1.54) is 17.0 Å². The van der Waals surface area contributed by atoms with Crippen molar-refractivity contribution in [2.24, 2.45) is 0 Å². The fourth-order valence-electron chi connectivity index (χ4n) is 4.21. The van der Waals surface area contributed by atoms with Crippen molar-refractivity contribution in [2.75, 3.05) is 24.0 Å². The predicted molar refractivity (Wildman–Crippen MR) is 158 cm³/mol. The van der Waals surface area contributed by atoms with Crippen molar-refractivity contribution in [1.82, 2.24) is 10.2 Å². The summed E-state index contributed by atoms with van der Waals surface area (Å²) >= 11 is 0. The third kappa shape index (κ3) is 7.85. The molecule has 3 aromatic carbocycles. The topological polar surface area (TPSA) is 96.0 Å². The standard InChI is InChI=1S/C31H39N3O5S/c1-5-7-21-32-31(36)25(4)33(22-26-14-12-11-13-24(26)3)30(35)23-34(27-17-19-28(20-18-27)39-6-2)40(37,38)29-15-9-8-10-16-29/h8-20,25H,5-7,21-23H2,1-4H3,(H,32,36). The van der Waals surface area contributed by atoms with E-state index in [0.29, 0.717) is 24.6 Å². The fraction of sp³-hybridized carbons (Fsp3) is 0.355. The SMILES string of the molecule is CCCCNC(=O)C(C)N(Cc1ccccc1C)C(=O)CN(c1ccc(OCC)cc1)S(=O)(=O)c1ccccc1. The number of aryl methyl sites for hydroxylation is 1. The van der Waals surface area contributed by atoms with Crippen LogP contribution in [-0.2, 0) is 26.2 Å². The number of nitrogens with one attached hydrogen (secondary N) is 1. The Morgan fingerprint density at radius 3 is 2.20 bits per heavy atom. The van der Waals surface area contributed by atoms with Crippen LogP contribution in [0.1, 0.15) is 44.7 Å². The first-order valence-corrected chi connectivity index (χ1v) is 15.0. The van der Waals surface area contributed by atoms with Crippen molar-refractivity contribution in [3.8, 4) is 5.75 Å². The lowest BCUT2D eigenvalue weighted by Gasteiger charge is -2.32. The largest absolute Gasteiger partial charge is 0.494 e. The minimum Gasteiger partial charge on any atom is -0.494 e. The minimum absolute atomic E-state index is 0.0625. The molecule has 3 rings (SSSR count). The molecule has 3 aromatic rings. The highest BCUT2D eigenvalue weighted by atomic mass is 32.2. The Morgan fingerprint density at radius 1 is 0.925 bits per heavy atom. The number of hydrogen-bond acceptors (Lipinski definition) is 5. The van der Waals surface area contributed by atoms with Gasteiger partial charge in [0.25, 0.3) is 10.0 Å². The molecule has 0 aliphatic rings. The molecule has 9 heteroatoms. The van der Waals surface area contributed by atoms with Crippen LogP contribution in [-0.4, -0.2) is 50.9 Å². The van der Waals surface area contributed by atoms with E-state index in [9.17, 15) is 18.0 Å². The second-order valence-electron chi connectivity index (χ2n) is 9.52. The van der Waals surface area contributed by atoms with Crippen molar-refractivity contribution >= 4 is 27.5 Å². The van der Waals surface area contributed by atoms with Gasteiger partial charge in [0.2, 0.25) is 11.8 Å². The molecular weight excluding hydrogens is 526 g/mol. The Labute approximate surface area is 238 Å². The number of carbonyl (C=O) groups is 2. The second-order valence-corrected chi connectivity index (χ2v) is 11.4. The van der Waals surface area contributed by atoms with Crippen molar-refractivity contribution in [3.63, 3.8) is 0 Å². The Bertz CT molecular complexity index is 1360. The summed E-state index contributed by atoms with van der Waals surface area (Å²) in [5.41, 5.74) is 2.17. The van der Waals surface area contributed by atoms with E-state index in [-0.39, 0.29) is 17.3 Å². The Morgan fingerprint density at radius 2 is 1.57 bits per heavy atom. The van der Waals surface area contributed by atoms with E-state index < -0.39 is 28.5 Å². The smallest absolute Gasteiger partial charge is 0.264 e. The minimum atomic E-state index is -4.11. The van der Waals surface area contributed by atoms with Crippen LogP contribution in [0.5, 0.6) is 5.75 Å². The van der Waals surface area contributed by atoms with Gasteiger partial charge in [-0.15, -0.1) is 0 Å². The van der Waals surface area contributed by atoms with Crippen molar-refractivity contribution < 1.29 is 22.7 Å². The van der Waals surface area contributed by atoms with E-state index >= 15 is 0 Å². The van der Waals surface area contributed by atoms with Crippen LogP contribution in [0, 0.1) is 6.92 Å². The molecule has 0 bridgehead atoms. The van der Waals surface area contributed by atoms with E-state index in [0.717, 1.165) is 28.3 Å². The fourth-order valence-corrected chi connectivity index (χ4v) is 5.65. The van der Waals surface area contributed by atoms with Gasteiger partial charge >= 0.3 is 0 Å². The van der Waals surface area contributed by atoms with E-state index in [1.807, 2.05) is 45.0 Å². The number of carbonyl (C=O) groups excluding carboxylic acids is 2. The molecule has 0 heterocycles. The number of hydrogen-bond donors (Lipinski definition) is 1. The number of nitrogens with zero attached hydrogens (tertiary/aromatic N) is 2. The summed E-state index contributed by atoms with van der Waals surface area (Å²) in [7, 11) is -4.11. The summed E-state index contributed by atoms with van der Waals surface area (Å²) in [5.74, 6) is -0.183. The first-order valence-electron chi connectivity index (χ1n) is 13.6. The molecule has 0 aromatic heterocycles. The van der Waals surface area contributed by atoms with Gasteiger partial charge in [-0.25, -0.2) is 8.42 Å². The molecule has 1 unspecified atom stereocenters. The summed E-state index contributed by atoms with van der Waals surface area (Å²) in [4.78, 5) is 28.6. The third-order valence-electron chi connectivity index (χ3n) is 6.64. The van der Waals surface area contributed by atoms with Crippen LogP contribution in [0.25, 0.3) is 0 Å². The van der Waals surface area contributed by atoms with Gasteiger partial charge in [-0.1, -0.05) is 55.8 Å². The molecule has 40 heavy (non-hydrogen) atoms. The quantitative estimate of drug-likeness (QED) is 0.280. The Kier molecular flexibility index (Phi) is 11.1. The summed E-state index contributed by atoms with van der Waals surface area (Å²) in [5, 5.41) is 2.90. The molecule has 0 saturated carbocycles. The van der Waals surface area contributed by atoms with Gasteiger partial charge in [-0.2, -0.15) is 0 Å². The lowest BCUT2D eigenvalue weighted by atomic mass is 10.1. The van der Waals surface area contributed by atoms with Crippen LogP contribution in [0.15, 0.2) is 83.8 Å². The van der Waals surface area contributed by atoms with Crippen LogP contribution in [0.2, 0.25) is 0 Å². The molecule has 0 saturated heterocycles. The molecule has 1 atom stereocenters.